The Bertz CT molecular complexity index is 945. The SMILES string of the molecule is Cc1noc(C)c1S(=O)(=O)NCCC(=O)OCC(=O)Nc1ccc(C(C)C)cc1. The van der Waals surface area contributed by atoms with Gasteiger partial charge in [-0.3, -0.25) is 9.59 Å². The Labute approximate surface area is 169 Å². The van der Waals surface area contributed by atoms with Crippen LogP contribution in [0.15, 0.2) is 33.7 Å². The van der Waals surface area contributed by atoms with Crippen LogP contribution in [0.2, 0.25) is 0 Å². The van der Waals surface area contributed by atoms with Crippen LogP contribution in [0.25, 0.3) is 0 Å². The van der Waals surface area contributed by atoms with Gasteiger partial charge in [-0.1, -0.05) is 31.1 Å². The molecule has 2 N–H and O–H groups in total. The number of ether oxygens (including phenoxy) is 1. The van der Waals surface area contributed by atoms with Gasteiger partial charge in [0, 0.05) is 12.2 Å². The monoisotopic (exact) mass is 423 g/mol. The van der Waals surface area contributed by atoms with Crippen molar-refractivity contribution in [1.82, 2.24) is 9.88 Å². The first-order valence-electron chi connectivity index (χ1n) is 9.08. The number of aromatic nitrogens is 1. The number of benzene rings is 1. The largest absolute Gasteiger partial charge is 0.456 e. The summed E-state index contributed by atoms with van der Waals surface area (Å²) in [6.07, 6.45) is -0.223. The van der Waals surface area contributed by atoms with Gasteiger partial charge in [0.1, 0.15) is 10.6 Å². The van der Waals surface area contributed by atoms with E-state index in [0.29, 0.717) is 11.6 Å². The van der Waals surface area contributed by atoms with Gasteiger partial charge in [-0.05, 0) is 37.5 Å². The number of anilines is 1. The van der Waals surface area contributed by atoms with E-state index in [1.807, 2.05) is 12.1 Å². The Morgan fingerprint density at radius 3 is 2.38 bits per heavy atom. The van der Waals surface area contributed by atoms with Crippen LogP contribution in [-0.4, -0.2) is 38.6 Å². The molecule has 0 atom stereocenters. The van der Waals surface area contributed by atoms with Gasteiger partial charge < -0.3 is 14.6 Å². The number of esters is 1. The van der Waals surface area contributed by atoms with E-state index in [1.54, 1.807) is 12.1 Å². The van der Waals surface area contributed by atoms with E-state index < -0.39 is 28.5 Å². The number of nitrogens with zero attached hydrogens (tertiary/aromatic N) is 1. The molecule has 0 aliphatic carbocycles. The van der Waals surface area contributed by atoms with Crippen molar-refractivity contribution in [3.8, 4) is 0 Å². The number of carbonyl (C=O) groups is 2. The van der Waals surface area contributed by atoms with Crippen LogP contribution >= 0.6 is 0 Å². The maximum atomic E-state index is 12.2. The molecule has 0 radical (unpaired) electrons. The van der Waals surface area contributed by atoms with E-state index in [-0.39, 0.29) is 29.3 Å². The van der Waals surface area contributed by atoms with E-state index in [0.717, 1.165) is 5.56 Å². The van der Waals surface area contributed by atoms with E-state index in [2.05, 4.69) is 29.0 Å². The minimum absolute atomic E-state index is 0.0475. The smallest absolute Gasteiger partial charge is 0.307 e. The third-order valence-corrected chi connectivity index (χ3v) is 5.79. The highest BCUT2D eigenvalue weighted by Crippen LogP contribution is 2.18. The molecule has 0 bridgehead atoms. The molecule has 0 unspecified atom stereocenters. The molecule has 10 heteroatoms. The lowest BCUT2D eigenvalue weighted by Crippen LogP contribution is -2.28. The Balaban J connectivity index is 1.74. The molecule has 2 aromatic rings. The second-order valence-electron chi connectivity index (χ2n) is 6.79. The van der Waals surface area contributed by atoms with Crippen LogP contribution in [0, 0.1) is 13.8 Å². The first-order chi connectivity index (χ1) is 13.6. The summed E-state index contributed by atoms with van der Waals surface area (Å²) in [5, 5.41) is 6.22. The highest BCUT2D eigenvalue weighted by atomic mass is 32.2. The van der Waals surface area contributed by atoms with Crippen molar-refractivity contribution < 1.29 is 27.3 Å². The van der Waals surface area contributed by atoms with E-state index in [9.17, 15) is 18.0 Å². The van der Waals surface area contributed by atoms with E-state index in [1.165, 1.54) is 13.8 Å². The number of sulfonamides is 1. The number of hydrogen-bond donors (Lipinski definition) is 2. The average molecular weight is 423 g/mol. The summed E-state index contributed by atoms with van der Waals surface area (Å²) in [7, 11) is -3.85. The van der Waals surface area contributed by atoms with Crippen LogP contribution < -0.4 is 10.0 Å². The average Bonchev–Trinajstić information content (AvgIpc) is 2.99. The Hall–Kier alpha value is -2.72. The molecule has 0 spiro atoms. The zero-order chi connectivity index (χ0) is 21.6. The highest BCUT2D eigenvalue weighted by molar-refractivity contribution is 7.89. The van der Waals surface area contributed by atoms with Gasteiger partial charge in [-0.15, -0.1) is 0 Å². The molecule has 29 heavy (non-hydrogen) atoms. The molecule has 0 aliphatic rings. The highest BCUT2D eigenvalue weighted by Gasteiger charge is 2.24. The van der Waals surface area contributed by atoms with Crippen molar-refractivity contribution in [2.24, 2.45) is 0 Å². The normalized spacial score (nSPS) is 11.5. The Morgan fingerprint density at radius 2 is 1.83 bits per heavy atom. The van der Waals surface area contributed by atoms with Crippen LogP contribution in [-0.2, 0) is 24.3 Å². The molecular weight excluding hydrogens is 398 g/mol. The second kappa shape index (κ2) is 9.66. The van der Waals surface area contributed by atoms with Crippen molar-refractivity contribution in [2.45, 2.75) is 44.9 Å². The third-order valence-electron chi connectivity index (χ3n) is 4.08. The topological polar surface area (TPSA) is 128 Å². The summed E-state index contributed by atoms with van der Waals surface area (Å²) in [5.74, 6) is -0.630. The molecule has 0 aliphatic heterocycles. The summed E-state index contributed by atoms with van der Waals surface area (Å²) in [6.45, 7) is 6.50. The van der Waals surface area contributed by atoms with Crippen molar-refractivity contribution in [3.05, 3.63) is 41.3 Å². The maximum Gasteiger partial charge on any atom is 0.307 e. The molecule has 1 aromatic heterocycles. The lowest BCUT2D eigenvalue weighted by atomic mass is 10.0. The number of rotatable bonds is 9. The van der Waals surface area contributed by atoms with E-state index >= 15 is 0 Å². The van der Waals surface area contributed by atoms with Gasteiger partial charge in [0.25, 0.3) is 5.91 Å². The molecule has 1 heterocycles. The summed E-state index contributed by atoms with van der Waals surface area (Å²) in [4.78, 5) is 23.6. The van der Waals surface area contributed by atoms with Gasteiger partial charge in [0.2, 0.25) is 10.0 Å². The van der Waals surface area contributed by atoms with Gasteiger partial charge in [-0.25, -0.2) is 13.1 Å². The summed E-state index contributed by atoms with van der Waals surface area (Å²) < 4.78 is 36.4. The first-order valence-corrected chi connectivity index (χ1v) is 10.6. The lowest BCUT2D eigenvalue weighted by Gasteiger charge is -2.09. The first kappa shape index (κ1) is 22.6. The Morgan fingerprint density at radius 1 is 1.17 bits per heavy atom. The molecule has 0 saturated carbocycles. The lowest BCUT2D eigenvalue weighted by molar-refractivity contribution is -0.147. The van der Waals surface area contributed by atoms with Gasteiger partial charge in [-0.2, -0.15) is 0 Å². The minimum atomic E-state index is -3.85. The number of nitrogens with one attached hydrogen (secondary N) is 2. The minimum Gasteiger partial charge on any atom is -0.456 e. The Kier molecular flexibility index (Phi) is 7.52. The zero-order valence-electron chi connectivity index (χ0n) is 16.8. The van der Waals surface area contributed by atoms with E-state index in [4.69, 9.17) is 9.26 Å². The number of aryl methyl sites for hydroxylation is 2. The van der Waals surface area contributed by atoms with Gasteiger partial charge in [0.05, 0.1) is 6.42 Å². The van der Waals surface area contributed by atoms with Crippen molar-refractivity contribution in [1.29, 1.82) is 0 Å². The molecule has 158 valence electrons. The van der Waals surface area contributed by atoms with Crippen molar-refractivity contribution in [3.63, 3.8) is 0 Å². The number of hydrogen-bond acceptors (Lipinski definition) is 7. The summed E-state index contributed by atoms with van der Waals surface area (Å²) >= 11 is 0. The quantitative estimate of drug-likeness (QED) is 0.592. The predicted molar refractivity (Wildman–Crippen MR) is 106 cm³/mol. The maximum absolute atomic E-state index is 12.2. The molecule has 1 amide bonds. The molecule has 9 nitrogen and oxygen atoms in total. The summed E-state index contributed by atoms with van der Waals surface area (Å²) in [5.41, 5.74) is 1.98. The molecule has 2 rings (SSSR count). The fourth-order valence-electron chi connectivity index (χ4n) is 2.58. The van der Waals surface area contributed by atoms with Gasteiger partial charge in [0.15, 0.2) is 12.4 Å². The van der Waals surface area contributed by atoms with Gasteiger partial charge >= 0.3 is 5.97 Å². The standard InChI is InChI=1S/C19H25N3O6S/c1-12(2)15-5-7-16(8-6-15)21-17(23)11-27-18(24)9-10-20-29(25,26)19-13(3)22-28-14(19)4/h5-8,12,20H,9-11H2,1-4H3,(H,21,23). The van der Waals surface area contributed by atoms with Crippen molar-refractivity contribution in [2.75, 3.05) is 18.5 Å². The molecule has 0 fully saturated rings. The summed E-state index contributed by atoms with van der Waals surface area (Å²) in [6, 6.07) is 7.38. The number of carbonyl (C=O) groups excluding carboxylic acids is 2. The van der Waals surface area contributed by atoms with Crippen molar-refractivity contribution >= 4 is 27.6 Å². The van der Waals surface area contributed by atoms with Crippen LogP contribution in [0.4, 0.5) is 5.69 Å². The predicted octanol–water partition coefficient (Wildman–Crippen LogP) is 2.27. The van der Waals surface area contributed by atoms with Crippen LogP contribution in [0.5, 0.6) is 0 Å². The number of amides is 1. The molecule has 0 saturated heterocycles. The second-order valence-corrected chi connectivity index (χ2v) is 8.49. The zero-order valence-corrected chi connectivity index (χ0v) is 17.6. The van der Waals surface area contributed by atoms with Crippen LogP contribution in [0.3, 0.4) is 0 Å². The third kappa shape index (κ3) is 6.40. The molecule has 1 aromatic carbocycles. The fraction of sp³-hybridized carbons (Fsp3) is 0.421. The van der Waals surface area contributed by atoms with Crippen LogP contribution in [0.1, 0.15) is 43.2 Å². The molecular formula is C19H25N3O6S. The fourth-order valence-corrected chi connectivity index (χ4v) is 3.94.